The van der Waals surface area contributed by atoms with Gasteiger partial charge in [0, 0.05) is 19.0 Å². The summed E-state index contributed by atoms with van der Waals surface area (Å²) >= 11 is 0. The first-order valence-corrected chi connectivity index (χ1v) is 6.58. The molecule has 0 amide bonds. The zero-order valence-corrected chi connectivity index (χ0v) is 12.3. The SMILES string of the molecule is CCOC(c1noc(-c2cncc(N)c2)n1)C(C)(C)C. The molecule has 2 heterocycles. The molecular weight excluding hydrogens is 256 g/mol. The van der Waals surface area contributed by atoms with Crippen LogP contribution in [0.4, 0.5) is 5.69 Å². The van der Waals surface area contributed by atoms with Gasteiger partial charge in [-0.2, -0.15) is 4.98 Å². The Kier molecular flexibility index (Phi) is 4.04. The molecule has 0 bridgehead atoms. The number of nitrogen functional groups attached to an aromatic ring is 1. The Morgan fingerprint density at radius 2 is 2.10 bits per heavy atom. The van der Waals surface area contributed by atoms with E-state index in [9.17, 15) is 0 Å². The van der Waals surface area contributed by atoms with Crippen LogP contribution in [0, 0.1) is 5.41 Å². The second-order valence-electron chi connectivity index (χ2n) is 5.67. The second kappa shape index (κ2) is 5.58. The largest absolute Gasteiger partial charge is 0.397 e. The monoisotopic (exact) mass is 276 g/mol. The summed E-state index contributed by atoms with van der Waals surface area (Å²) in [5.41, 5.74) is 6.84. The van der Waals surface area contributed by atoms with Crippen LogP contribution in [0.1, 0.15) is 39.6 Å². The molecule has 0 aliphatic carbocycles. The molecule has 2 aromatic heterocycles. The smallest absolute Gasteiger partial charge is 0.259 e. The molecule has 0 fully saturated rings. The summed E-state index contributed by atoms with van der Waals surface area (Å²) in [5.74, 6) is 0.936. The molecule has 0 saturated carbocycles. The lowest BCUT2D eigenvalue weighted by atomic mass is 9.88. The Hall–Kier alpha value is -1.95. The zero-order valence-electron chi connectivity index (χ0n) is 12.3. The number of nitrogens with zero attached hydrogens (tertiary/aromatic N) is 3. The standard InChI is InChI=1S/C14H20N4O2/c1-5-19-11(14(2,3)4)12-17-13(20-18-12)9-6-10(15)8-16-7-9/h6-8,11H,5,15H2,1-4H3. The molecule has 20 heavy (non-hydrogen) atoms. The fraction of sp³-hybridized carbons (Fsp3) is 0.500. The van der Waals surface area contributed by atoms with E-state index in [1.807, 2.05) is 6.92 Å². The summed E-state index contributed by atoms with van der Waals surface area (Å²) in [4.78, 5) is 8.42. The minimum absolute atomic E-state index is 0.120. The Morgan fingerprint density at radius 3 is 2.70 bits per heavy atom. The van der Waals surface area contributed by atoms with Crippen molar-refractivity contribution in [3.63, 3.8) is 0 Å². The van der Waals surface area contributed by atoms with Gasteiger partial charge in [0.15, 0.2) is 0 Å². The molecule has 0 aliphatic heterocycles. The maximum absolute atomic E-state index is 5.74. The van der Waals surface area contributed by atoms with Crippen LogP contribution in [0.25, 0.3) is 11.5 Å². The minimum Gasteiger partial charge on any atom is -0.397 e. The van der Waals surface area contributed by atoms with Gasteiger partial charge in [0.25, 0.3) is 5.89 Å². The molecule has 2 aromatic rings. The molecule has 6 heteroatoms. The molecule has 0 aliphatic rings. The van der Waals surface area contributed by atoms with Gasteiger partial charge in [-0.15, -0.1) is 0 Å². The summed E-state index contributed by atoms with van der Waals surface area (Å²) in [5, 5.41) is 4.03. The van der Waals surface area contributed by atoms with Crippen molar-refractivity contribution in [2.24, 2.45) is 5.41 Å². The van der Waals surface area contributed by atoms with Gasteiger partial charge in [-0.05, 0) is 18.4 Å². The van der Waals surface area contributed by atoms with Crippen molar-refractivity contribution in [1.29, 1.82) is 0 Å². The van der Waals surface area contributed by atoms with Crippen LogP contribution in [-0.4, -0.2) is 21.7 Å². The van der Waals surface area contributed by atoms with Crippen molar-refractivity contribution in [3.8, 4) is 11.5 Å². The number of hydrogen-bond acceptors (Lipinski definition) is 6. The molecule has 6 nitrogen and oxygen atoms in total. The molecule has 1 unspecified atom stereocenters. The summed E-state index contributed by atoms with van der Waals surface area (Å²) < 4.78 is 11.0. The van der Waals surface area contributed by atoms with E-state index in [1.54, 1.807) is 18.5 Å². The van der Waals surface area contributed by atoms with E-state index in [2.05, 4.69) is 35.9 Å². The molecule has 108 valence electrons. The summed E-state index contributed by atoms with van der Waals surface area (Å²) in [7, 11) is 0. The number of hydrogen-bond donors (Lipinski definition) is 1. The lowest BCUT2D eigenvalue weighted by molar-refractivity contribution is -0.0203. The van der Waals surface area contributed by atoms with Gasteiger partial charge in [0.05, 0.1) is 11.3 Å². The van der Waals surface area contributed by atoms with E-state index < -0.39 is 0 Å². The number of pyridine rings is 1. The fourth-order valence-electron chi connectivity index (χ4n) is 1.91. The van der Waals surface area contributed by atoms with Crippen molar-refractivity contribution in [1.82, 2.24) is 15.1 Å². The third-order valence-corrected chi connectivity index (χ3v) is 2.80. The van der Waals surface area contributed by atoms with Crippen LogP contribution in [-0.2, 0) is 4.74 Å². The molecule has 2 N–H and O–H groups in total. The van der Waals surface area contributed by atoms with E-state index in [4.69, 9.17) is 15.0 Å². The van der Waals surface area contributed by atoms with E-state index in [1.165, 1.54) is 0 Å². The molecule has 0 aromatic carbocycles. The van der Waals surface area contributed by atoms with E-state index in [0.29, 0.717) is 29.6 Å². The van der Waals surface area contributed by atoms with Crippen LogP contribution in [0.3, 0.4) is 0 Å². The van der Waals surface area contributed by atoms with Crippen LogP contribution in [0.5, 0.6) is 0 Å². The highest BCUT2D eigenvalue weighted by Gasteiger charge is 2.31. The molecule has 1 atom stereocenters. The zero-order chi connectivity index (χ0) is 14.8. The normalized spacial score (nSPS) is 13.4. The van der Waals surface area contributed by atoms with Crippen LogP contribution < -0.4 is 5.73 Å². The average molecular weight is 276 g/mol. The van der Waals surface area contributed by atoms with E-state index >= 15 is 0 Å². The van der Waals surface area contributed by atoms with Crippen molar-refractivity contribution < 1.29 is 9.26 Å². The van der Waals surface area contributed by atoms with Crippen LogP contribution >= 0.6 is 0 Å². The van der Waals surface area contributed by atoms with Gasteiger partial charge in [-0.25, -0.2) is 0 Å². The van der Waals surface area contributed by atoms with Crippen LogP contribution in [0.15, 0.2) is 23.0 Å². The molecular formula is C14H20N4O2. The average Bonchev–Trinajstić information content (AvgIpc) is 2.83. The van der Waals surface area contributed by atoms with Crippen LogP contribution in [0.2, 0.25) is 0 Å². The minimum atomic E-state index is -0.223. The Morgan fingerprint density at radius 1 is 1.35 bits per heavy atom. The molecule has 0 spiro atoms. The molecule has 0 radical (unpaired) electrons. The Bertz CT molecular complexity index is 575. The van der Waals surface area contributed by atoms with Gasteiger partial charge >= 0.3 is 0 Å². The summed E-state index contributed by atoms with van der Waals surface area (Å²) in [6.45, 7) is 8.76. The Labute approximate surface area is 118 Å². The predicted octanol–water partition coefficient (Wildman–Crippen LogP) is 2.84. The van der Waals surface area contributed by atoms with Crippen molar-refractivity contribution in [2.45, 2.75) is 33.8 Å². The quantitative estimate of drug-likeness (QED) is 0.923. The van der Waals surface area contributed by atoms with Gasteiger partial charge < -0.3 is 15.0 Å². The number of anilines is 1. The van der Waals surface area contributed by atoms with Gasteiger partial charge in [0.1, 0.15) is 6.10 Å². The highest BCUT2D eigenvalue weighted by molar-refractivity contribution is 5.57. The number of nitrogens with two attached hydrogens (primary N) is 1. The number of ether oxygens (including phenoxy) is 1. The maximum Gasteiger partial charge on any atom is 0.259 e. The third-order valence-electron chi connectivity index (χ3n) is 2.80. The maximum atomic E-state index is 5.74. The van der Waals surface area contributed by atoms with Gasteiger partial charge in [-0.1, -0.05) is 25.9 Å². The first-order valence-electron chi connectivity index (χ1n) is 6.58. The topological polar surface area (TPSA) is 87.1 Å². The highest BCUT2D eigenvalue weighted by atomic mass is 16.5. The number of aromatic nitrogens is 3. The number of rotatable bonds is 4. The second-order valence-corrected chi connectivity index (χ2v) is 5.67. The highest BCUT2D eigenvalue weighted by Crippen LogP contribution is 2.35. The lowest BCUT2D eigenvalue weighted by Crippen LogP contribution is -2.22. The summed E-state index contributed by atoms with van der Waals surface area (Å²) in [6.07, 6.45) is 2.98. The predicted molar refractivity (Wildman–Crippen MR) is 75.8 cm³/mol. The first kappa shape index (κ1) is 14.5. The van der Waals surface area contributed by atoms with Gasteiger partial charge in [-0.3, -0.25) is 4.98 Å². The van der Waals surface area contributed by atoms with Gasteiger partial charge in [0.2, 0.25) is 5.82 Å². The summed E-state index contributed by atoms with van der Waals surface area (Å²) in [6, 6.07) is 1.75. The Balaban J connectivity index is 2.32. The lowest BCUT2D eigenvalue weighted by Gasteiger charge is -2.27. The van der Waals surface area contributed by atoms with E-state index in [0.717, 1.165) is 0 Å². The third kappa shape index (κ3) is 3.14. The van der Waals surface area contributed by atoms with Crippen molar-refractivity contribution in [3.05, 3.63) is 24.3 Å². The van der Waals surface area contributed by atoms with Crippen molar-refractivity contribution in [2.75, 3.05) is 12.3 Å². The first-order chi connectivity index (χ1) is 9.41. The molecule has 2 rings (SSSR count). The fourth-order valence-corrected chi connectivity index (χ4v) is 1.91. The molecule has 0 saturated heterocycles. The van der Waals surface area contributed by atoms with E-state index in [-0.39, 0.29) is 11.5 Å². The van der Waals surface area contributed by atoms with Crippen molar-refractivity contribution >= 4 is 5.69 Å².